The highest BCUT2D eigenvalue weighted by atomic mass is 32.2. The number of nitrogens with zero attached hydrogens (tertiary/aromatic N) is 1. The molecule has 0 fully saturated rings. The van der Waals surface area contributed by atoms with Crippen molar-refractivity contribution >= 4 is 11.8 Å². The van der Waals surface area contributed by atoms with E-state index in [9.17, 15) is 0 Å². The summed E-state index contributed by atoms with van der Waals surface area (Å²) < 4.78 is 0.364. The summed E-state index contributed by atoms with van der Waals surface area (Å²) in [4.78, 5) is 2.44. The van der Waals surface area contributed by atoms with Gasteiger partial charge in [0.25, 0.3) is 0 Å². The van der Waals surface area contributed by atoms with Crippen LogP contribution in [-0.4, -0.2) is 48.6 Å². The van der Waals surface area contributed by atoms with Gasteiger partial charge >= 0.3 is 0 Å². The lowest BCUT2D eigenvalue weighted by Gasteiger charge is -2.24. The van der Waals surface area contributed by atoms with Gasteiger partial charge in [0.05, 0.1) is 0 Å². The molecule has 0 amide bonds. The first-order valence-corrected chi connectivity index (χ1v) is 6.76. The van der Waals surface area contributed by atoms with Gasteiger partial charge in [-0.1, -0.05) is 13.8 Å². The molecule has 0 aromatic carbocycles. The summed E-state index contributed by atoms with van der Waals surface area (Å²) in [6, 6.07) is 0. The molecule has 0 aliphatic rings. The summed E-state index contributed by atoms with van der Waals surface area (Å²) in [6.07, 6.45) is 2.17. The van der Waals surface area contributed by atoms with Crippen LogP contribution in [0.25, 0.3) is 0 Å². The second kappa shape index (κ2) is 7.55. The van der Waals surface area contributed by atoms with E-state index in [1.54, 1.807) is 0 Å². The molecular weight excluding hydrogens is 192 g/mol. The highest BCUT2D eigenvalue weighted by molar-refractivity contribution is 7.99. The van der Waals surface area contributed by atoms with Crippen LogP contribution in [0.2, 0.25) is 0 Å². The van der Waals surface area contributed by atoms with E-state index in [4.69, 9.17) is 0 Å². The van der Waals surface area contributed by atoms with E-state index in [-0.39, 0.29) is 0 Å². The van der Waals surface area contributed by atoms with Gasteiger partial charge in [0, 0.05) is 24.4 Å². The quantitative estimate of drug-likeness (QED) is 0.628. The van der Waals surface area contributed by atoms with Gasteiger partial charge < -0.3 is 10.2 Å². The van der Waals surface area contributed by atoms with Crippen LogP contribution in [-0.2, 0) is 0 Å². The fourth-order valence-electron chi connectivity index (χ4n) is 1.24. The predicted molar refractivity (Wildman–Crippen MR) is 68.3 cm³/mol. The standard InChI is InChI=1S/C11H26N2S/c1-6-13(7-2)9-8-12-10-11(3,4)14-5/h12H,6-10H2,1-5H3. The van der Waals surface area contributed by atoms with Crippen molar-refractivity contribution in [1.82, 2.24) is 10.2 Å². The molecule has 0 bridgehead atoms. The Kier molecular flexibility index (Phi) is 7.69. The van der Waals surface area contributed by atoms with E-state index >= 15 is 0 Å². The first kappa shape index (κ1) is 14.3. The van der Waals surface area contributed by atoms with E-state index in [0.29, 0.717) is 4.75 Å². The summed E-state index contributed by atoms with van der Waals surface area (Å²) in [5.74, 6) is 0. The average Bonchev–Trinajstić information content (AvgIpc) is 2.18. The lowest BCUT2D eigenvalue weighted by Crippen LogP contribution is -2.37. The number of hydrogen-bond acceptors (Lipinski definition) is 3. The normalized spacial score (nSPS) is 12.4. The Morgan fingerprint density at radius 1 is 1.21 bits per heavy atom. The lowest BCUT2D eigenvalue weighted by atomic mass is 10.2. The highest BCUT2D eigenvalue weighted by Gasteiger charge is 2.14. The van der Waals surface area contributed by atoms with Crippen molar-refractivity contribution < 1.29 is 0 Å². The summed E-state index contributed by atoms with van der Waals surface area (Å²) in [7, 11) is 0. The summed E-state index contributed by atoms with van der Waals surface area (Å²) in [5, 5.41) is 3.51. The predicted octanol–water partition coefficient (Wildman–Crippen LogP) is 2.06. The summed E-state index contributed by atoms with van der Waals surface area (Å²) in [6.45, 7) is 14.7. The van der Waals surface area contributed by atoms with Crippen molar-refractivity contribution in [2.45, 2.75) is 32.4 Å². The maximum atomic E-state index is 3.51. The molecule has 14 heavy (non-hydrogen) atoms. The Bertz CT molecular complexity index is 133. The molecule has 0 heterocycles. The molecule has 86 valence electrons. The minimum absolute atomic E-state index is 0.364. The molecule has 2 nitrogen and oxygen atoms in total. The molecule has 0 aromatic heterocycles. The van der Waals surface area contributed by atoms with Gasteiger partial charge in [-0.05, 0) is 33.2 Å². The summed E-state index contributed by atoms with van der Waals surface area (Å²) in [5.41, 5.74) is 0. The first-order valence-electron chi connectivity index (χ1n) is 5.54. The van der Waals surface area contributed by atoms with Gasteiger partial charge in [-0.3, -0.25) is 0 Å². The molecular formula is C11H26N2S. The maximum absolute atomic E-state index is 3.51. The van der Waals surface area contributed by atoms with Gasteiger partial charge in [0.1, 0.15) is 0 Å². The van der Waals surface area contributed by atoms with Crippen molar-refractivity contribution in [3.05, 3.63) is 0 Å². The largest absolute Gasteiger partial charge is 0.314 e. The third-order valence-corrected chi connectivity index (χ3v) is 3.85. The van der Waals surface area contributed by atoms with Crippen molar-refractivity contribution in [1.29, 1.82) is 0 Å². The van der Waals surface area contributed by atoms with Crippen molar-refractivity contribution in [2.75, 3.05) is 39.0 Å². The molecule has 1 N–H and O–H groups in total. The minimum Gasteiger partial charge on any atom is -0.314 e. The Hall–Kier alpha value is 0.270. The zero-order valence-corrected chi connectivity index (χ0v) is 11.2. The van der Waals surface area contributed by atoms with Crippen molar-refractivity contribution in [3.8, 4) is 0 Å². The molecule has 0 atom stereocenters. The van der Waals surface area contributed by atoms with Crippen LogP contribution in [0.4, 0.5) is 0 Å². The smallest absolute Gasteiger partial charge is 0.0225 e. The molecule has 0 rings (SSSR count). The van der Waals surface area contributed by atoms with E-state index in [1.807, 2.05) is 11.8 Å². The molecule has 0 aliphatic carbocycles. The van der Waals surface area contributed by atoms with Gasteiger partial charge in [0.15, 0.2) is 0 Å². The average molecular weight is 218 g/mol. The first-order chi connectivity index (χ1) is 6.55. The Balaban J connectivity index is 3.45. The monoisotopic (exact) mass is 218 g/mol. The molecule has 0 saturated carbocycles. The maximum Gasteiger partial charge on any atom is 0.0225 e. The summed E-state index contributed by atoms with van der Waals surface area (Å²) >= 11 is 1.92. The molecule has 3 heteroatoms. The van der Waals surface area contributed by atoms with Gasteiger partial charge in [-0.15, -0.1) is 0 Å². The van der Waals surface area contributed by atoms with E-state index in [0.717, 1.165) is 32.7 Å². The molecule has 0 aromatic rings. The number of likely N-dealkylation sites (N-methyl/N-ethyl adjacent to an activating group) is 1. The zero-order valence-electron chi connectivity index (χ0n) is 10.4. The van der Waals surface area contributed by atoms with Crippen LogP contribution in [0, 0.1) is 0 Å². The second-order valence-corrected chi connectivity index (χ2v) is 5.68. The number of rotatable bonds is 8. The molecule has 0 saturated heterocycles. The zero-order chi connectivity index (χ0) is 11.0. The second-order valence-electron chi connectivity index (χ2n) is 4.17. The third-order valence-electron chi connectivity index (χ3n) is 2.60. The highest BCUT2D eigenvalue weighted by Crippen LogP contribution is 2.19. The molecule has 0 aliphatic heterocycles. The topological polar surface area (TPSA) is 15.3 Å². The number of nitrogens with one attached hydrogen (secondary N) is 1. The van der Waals surface area contributed by atoms with E-state index in [1.165, 1.54) is 0 Å². The SMILES string of the molecule is CCN(CC)CCNCC(C)(C)SC. The Morgan fingerprint density at radius 2 is 1.79 bits per heavy atom. The molecule has 0 spiro atoms. The lowest BCUT2D eigenvalue weighted by molar-refractivity contribution is 0.301. The Labute approximate surface area is 93.8 Å². The van der Waals surface area contributed by atoms with Crippen LogP contribution in [0.1, 0.15) is 27.7 Å². The van der Waals surface area contributed by atoms with Crippen LogP contribution in [0.5, 0.6) is 0 Å². The molecule has 0 radical (unpaired) electrons. The fourth-order valence-corrected chi connectivity index (χ4v) is 1.48. The fraction of sp³-hybridized carbons (Fsp3) is 1.00. The van der Waals surface area contributed by atoms with E-state index < -0.39 is 0 Å². The van der Waals surface area contributed by atoms with Crippen LogP contribution in [0.15, 0.2) is 0 Å². The Morgan fingerprint density at radius 3 is 2.21 bits per heavy atom. The van der Waals surface area contributed by atoms with Gasteiger partial charge in [0.2, 0.25) is 0 Å². The number of thioether (sulfide) groups is 1. The minimum atomic E-state index is 0.364. The van der Waals surface area contributed by atoms with Crippen LogP contribution in [0.3, 0.4) is 0 Å². The van der Waals surface area contributed by atoms with Crippen LogP contribution < -0.4 is 5.32 Å². The van der Waals surface area contributed by atoms with Crippen molar-refractivity contribution in [2.24, 2.45) is 0 Å². The number of hydrogen-bond donors (Lipinski definition) is 1. The van der Waals surface area contributed by atoms with Gasteiger partial charge in [-0.2, -0.15) is 11.8 Å². The van der Waals surface area contributed by atoms with Crippen molar-refractivity contribution in [3.63, 3.8) is 0 Å². The third kappa shape index (κ3) is 6.68. The van der Waals surface area contributed by atoms with Crippen LogP contribution >= 0.6 is 11.8 Å². The molecule has 0 unspecified atom stereocenters. The van der Waals surface area contributed by atoms with E-state index in [2.05, 4.69) is 44.2 Å². The van der Waals surface area contributed by atoms with Gasteiger partial charge in [-0.25, -0.2) is 0 Å².